The molecule has 9 heteroatoms. The predicted molar refractivity (Wildman–Crippen MR) is 131 cm³/mol. The van der Waals surface area contributed by atoms with E-state index in [1.54, 1.807) is 13.2 Å². The molecule has 0 N–H and O–H groups in total. The van der Waals surface area contributed by atoms with Gasteiger partial charge in [-0.1, -0.05) is 48.5 Å². The summed E-state index contributed by atoms with van der Waals surface area (Å²) in [6.07, 6.45) is 0.853. The van der Waals surface area contributed by atoms with Crippen molar-refractivity contribution < 1.29 is 19.2 Å². The lowest BCUT2D eigenvalue weighted by atomic mass is 9.75. The molecule has 0 unspecified atom stereocenters. The predicted octanol–water partition coefficient (Wildman–Crippen LogP) is 3.67. The number of hydrogen-bond donors (Lipinski definition) is 0. The van der Waals surface area contributed by atoms with E-state index in [-0.39, 0.29) is 29.2 Å². The number of nitrogens with zero attached hydrogens (tertiary/aromatic N) is 4. The van der Waals surface area contributed by atoms with E-state index >= 15 is 0 Å². The van der Waals surface area contributed by atoms with Gasteiger partial charge in [0, 0.05) is 25.2 Å². The minimum atomic E-state index is -1.25. The number of non-ortho nitro benzene ring substituents is 1. The first-order chi connectivity index (χ1) is 17.5. The lowest BCUT2D eigenvalue weighted by molar-refractivity contribution is -0.384. The van der Waals surface area contributed by atoms with Gasteiger partial charge in [-0.2, -0.15) is 0 Å². The third-order valence-corrected chi connectivity index (χ3v) is 7.55. The van der Waals surface area contributed by atoms with Gasteiger partial charge in [-0.05, 0) is 35.7 Å². The van der Waals surface area contributed by atoms with Crippen LogP contribution in [0, 0.1) is 16.0 Å². The molecule has 3 aliphatic heterocycles. The third kappa shape index (κ3) is 2.96. The van der Waals surface area contributed by atoms with Gasteiger partial charge in [0.1, 0.15) is 5.75 Å². The third-order valence-electron chi connectivity index (χ3n) is 7.55. The molecule has 0 aliphatic carbocycles. The number of methoxy groups -OCH3 is 1. The number of carbonyl (C=O) groups is 2. The number of rotatable bonds is 5. The number of carbonyl (C=O) groups excluding carboxylic acids is 2. The molecule has 6 rings (SSSR count). The average molecular weight is 485 g/mol. The number of nitro groups is 1. The maximum atomic E-state index is 14.5. The molecule has 3 atom stereocenters. The van der Waals surface area contributed by atoms with Crippen LogP contribution in [0.15, 0.2) is 78.9 Å². The Kier molecular flexibility index (Phi) is 5.13. The van der Waals surface area contributed by atoms with Gasteiger partial charge in [0.15, 0.2) is 5.54 Å². The molecule has 3 aromatic carbocycles. The normalized spacial score (nSPS) is 25.8. The van der Waals surface area contributed by atoms with Crippen LogP contribution in [0.25, 0.3) is 0 Å². The van der Waals surface area contributed by atoms with Crippen molar-refractivity contribution >= 4 is 23.2 Å². The number of ether oxygens (including phenoxy) is 1. The summed E-state index contributed by atoms with van der Waals surface area (Å²) in [7, 11) is 1.60. The number of amides is 2. The highest BCUT2D eigenvalue weighted by Crippen LogP contribution is 2.59. The van der Waals surface area contributed by atoms with E-state index in [4.69, 9.17) is 4.74 Å². The van der Waals surface area contributed by atoms with E-state index in [1.165, 1.54) is 18.2 Å². The van der Waals surface area contributed by atoms with E-state index in [2.05, 4.69) is 10.0 Å². The Labute approximate surface area is 207 Å². The van der Waals surface area contributed by atoms with Crippen molar-refractivity contribution in [3.05, 3.63) is 100 Å². The summed E-state index contributed by atoms with van der Waals surface area (Å²) in [6.45, 7) is 1.35. The van der Waals surface area contributed by atoms with Gasteiger partial charge in [-0.15, -0.1) is 0 Å². The molecule has 0 saturated carbocycles. The van der Waals surface area contributed by atoms with E-state index in [1.807, 2.05) is 54.6 Å². The van der Waals surface area contributed by atoms with Gasteiger partial charge in [-0.3, -0.25) is 19.7 Å². The molecule has 2 amide bonds. The summed E-state index contributed by atoms with van der Waals surface area (Å²) in [5.41, 5.74) is 0.442. The zero-order chi connectivity index (χ0) is 25.0. The first kappa shape index (κ1) is 22.4. The Bertz CT molecular complexity index is 1360. The largest absolute Gasteiger partial charge is 0.497 e. The molecule has 182 valence electrons. The molecular weight excluding hydrogens is 460 g/mol. The second-order valence-corrected chi connectivity index (χ2v) is 9.22. The summed E-state index contributed by atoms with van der Waals surface area (Å²) in [4.78, 5) is 40.8. The van der Waals surface area contributed by atoms with Crippen molar-refractivity contribution in [3.63, 3.8) is 0 Å². The fraction of sp³-hybridized carbons (Fsp3) is 0.259. The summed E-state index contributed by atoms with van der Waals surface area (Å²) >= 11 is 0. The van der Waals surface area contributed by atoms with E-state index in [0.29, 0.717) is 12.3 Å². The zero-order valence-corrected chi connectivity index (χ0v) is 19.6. The minimum absolute atomic E-state index is 0.173. The van der Waals surface area contributed by atoms with Crippen LogP contribution in [0.5, 0.6) is 5.75 Å². The van der Waals surface area contributed by atoms with E-state index in [0.717, 1.165) is 29.0 Å². The molecule has 3 aliphatic rings. The van der Waals surface area contributed by atoms with E-state index < -0.39 is 16.4 Å². The fourth-order valence-electron chi connectivity index (χ4n) is 6.13. The number of nitro benzene ring substituents is 1. The molecule has 9 nitrogen and oxygen atoms in total. The lowest BCUT2D eigenvalue weighted by Gasteiger charge is -2.36. The summed E-state index contributed by atoms with van der Waals surface area (Å²) in [5, 5.41) is 15.7. The highest BCUT2D eigenvalue weighted by Gasteiger charge is 2.73. The van der Waals surface area contributed by atoms with Crippen LogP contribution in [0.1, 0.15) is 23.6 Å². The van der Waals surface area contributed by atoms with Crippen LogP contribution >= 0.6 is 0 Å². The topological polar surface area (TPSA) is 96.2 Å². The maximum Gasteiger partial charge on any atom is 0.271 e. The molecule has 0 spiro atoms. The van der Waals surface area contributed by atoms with Crippen molar-refractivity contribution in [2.24, 2.45) is 5.92 Å². The monoisotopic (exact) mass is 484 g/mol. The van der Waals surface area contributed by atoms with Gasteiger partial charge in [-0.25, -0.2) is 14.9 Å². The lowest BCUT2D eigenvalue weighted by Crippen LogP contribution is -2.52. The Morgan fingerprint density at radius 3 is 2.42 bits per heavy atom. The Morgan fingerprint density at radius 2 is 1.72 bits per heavy atom. The summed E-state index contributed by atoms with van der Waals surface area (Å²) in [5.74, 6) is -0.775. The fourth-order valence-corrected chi connectivity index (χ4v) is 6.13. The molecular formula is C27H24N4O5. The number of imide groups is 1. The van der Waals surface area contributed by atoms with Gasteiger partial charge >= 0.3 is 0 Å². The highest BCUT2D eigenvalue weighted by atomic mass is 16.6. The van der Waals surface area contributed by atoms with Crippen LogP contribution < -0.4 is 9.64 Å². The number of hydrogen-bond acceptors (Lipinski definition) is 7. The second-order valence-electron chi connectivity index (χ2n) is 9.22. The molecule has 3 fully saturated rings. The highest BCUT2D eigenvalue weighted by molar-refractivity contribution is 6.26. The Balaban J connectivity index is 1.57. The first-order valence-corrected chi connectivity index (χ1v) is 11.8. The van der Waals surface area contributed by atoms with Crippen LogP contribution in [0.3, 0.4) is 0 Å². The van der Waals surface area contributed by atoms with Gasteiger partial charge < -0.3 is 4.74 Å². The molecule has 0 aromatic heterocycles. The standard InChI is InChI=1S/C27H24N4O5/c1-36-22-13-11-18(12-14-22)24-23-25(32)30(20-9-5-10-21(17-20)31(34)35)26(33)27(23,19-7-3-2-4-8-19)29-16-6-15-28(24)29/h2-5,7-14,17,23-24H,6,15-16H2,1H3/t23-,24-,27+/m1/s1. The number of benzene rings is 3. The van der Waals surface area contributed by atoms with Crippen LogP contribution in [-0.4, -0.2) is 47.0 Å². The number of hydrazine groups is 1. The molecule has 3 aromatic rings. The van der Waals surface area contributed by atoms with Gasteiger partial charge in [0.05, 0.1) is 29.7 Å². The van der Waals surface area contributed by atoms with Crippen LogP contribution in [0.2, 0.25) is 0 Å². The van der Waals surface area contributed by atoms with Crippen LogP contribution in [0.4, 0.5) is 11.4 Å². The molecule has 3 saturated heterocycles. The quantitative estimate of drug-likeness (QED) is 0.310. The van der Waals surface area contributed by atoms with Gasteiger partial charge in [0.2, 0.25) is 5.91 Å². The summed E-state index contributed by atoms with van der Waals surface area (Å²) < 4.78 is 5.33. The van der Waals surface area contributed by atoms with Crippen LogP contribution in [-0.2, 0) is 15.1 Å². The summed E-state index contributed by atoms with van der Waals surface area (Å²) in [6, 6.07) is 22.3. The smallest absolute Gasteiger partial charge is 0.271 e. The molecule has 36 heavy (non-hydrogen) atoms. The first-order valence-electron chi connectivity index (χ1n) is 11.8. The molecule has 3 heterocycles. The Morgan fingerprint density at radius 1 is 0.972 bits per heavy atom. The van der Waals surface area contributed by atoms with Gasteiger partial charge in [0.25, 0.3) is 11.6 Å². The van der Waals surface area contributed by atoms with Crippen molar-refractivity contribution in [2.75, 3.05) is 25.1 Å². The zero-order valence-electron chi connectivity index (χ0n) is 19.6. The SMILES string of the molecule is COc1ccc([C@@H]2[C@@H]3C(=O)N(c4cccc([N+](=O)[O-])c4)C(=O)[C@@]3(c3ccccc3)N3CCCN23)cc1. The Hall–Kier alpha value is -4.08. The molecule has 0 bridgehead atoms. The average Bonchev–Trinajstić information content (AvgIpc) is 3.55. The van der Waals surface area contributed by atoms with Crippen molar-refractivity contribution in [1.29, 1.82) is 0 Å². The minimum Gasteiger partial charge on any atom is -0.497 e. The second kappa shape index (κ2) is 8.25. The van der Waals surface area contributed by atoms with E-state index in [9.17, 15) is 19.7 Å². The maximum absolute atomic E-state index is 14.5. The number of anilines is 1. The number of fused-ring (bicyclic) bond motifs is 3. The van der Waals surface area contributed by atoms with Crippen molar-refractivity contribution in [3.8, 4) is 5.75 Å². The van der Waals surface area contributed by atoms with Crippen molar-refractivity contribution in [1.82, 2.24) is 10.0 Å². The molecule has 0 radical (unpaired) electrons. The van der Waals surface area contributed by atoms with Crippen molar-refractivity contribution in [2.45, 2.75) is 18.0 Å².